The number of imide groups is 1. The number of aryl methyl sites for hydroxylation is 1. The number of hydrogen-bond donors (Lipinski definition) is 1. The molecule has 2 aromatic rings. The number of amides is 2. The molecule has 2 aromatic carbocycles. The predicted molar refractivity (Wildman–Crippen MR) is 88.1 cm³/mol. The number of nitrogens with one attached hydrogen (secondary N) is 1. The van der Waals surface area contributed by atoms with Gasteiger partial charge < -0.3 is 0 Å². The fourth-order valence-electron chi connectivity index (χ4n) is 2.72. The molecule has 8 heteroatoms. The van der Waals surface area contributed by atoms with Gasteiger partial charge in [-0.2, -0.15) is 0 Å². The highest BCUT2D eigenvalue weighted by Crippen LogP contribution is 2.24. The highest BCUT2D eigenvalue weighted by atomic mass is 32.2. The van der Waals surface area contributed by atoms with Crippen molar-refractivity contribution in [1.82, 2.24) is 9.62 Å². The Morgan fingerprint density at radius 3 is 2.44 bits per heavy atom. The van der Waals surface area contributed by atoms with Crippen molar-refractivity contribution >= 4 is 21.8 Å². The largest absolute Gasteiger partial charge is 0.273 e. The highest BCUT2D eigenvalue weighted by Gasteiger charge is 2.37. The van der Waals surface area contributed by atoms with Gasteiger partial charge in [0.05, 0.1) is 16.0 Å². The monoisotopic (exact) mass is 362 g/mol. The third kappa shape index (κ3) is 3.06. The van der Waals surface area contributed by atoms with Crippen LogP contribution in [-0.4, -0.2) is 38.2 Å². The van der Waals surface area contributed by atoms with Crippen LogP contribution in [0, 0.1) is 12.7 Å². The number of hydrogen-bond acceptors (Lipinski definition) is 4. The molecular weight excluding hydrogens is 347 g/mol. The van der Waals surface area contributed by atoms with E-state index < -0.39 is 27.7 Å². The van der Waals surface area contributed by atoms with Crippen molar-refractivity contribution in [3.05, 3.63) is 65.0 Å². The molecule has 6 nitrogen and oxygen atoms in total. The number of carbonyl (C=O) groups excluding carboxylic acids is 2. The number of sulfonamides is 1. The molecule has 0 fully saturated rings. The van der Waals surface area contributed by atoms with Crippen molar-refractivity contribution in [2.75, 3.05) is 13.1 Å². The van der Waals surface area contributed by atoms with Crippen molar-refractivity contribution in [1.29, 1.82) is 0 Å². The molecule has 3 rings (SSSR count). The summed E-state index contributed by atoms with van der Waals surface area (Å²) in [6, 6.07) is 10.3. The Morgan fingerprint density at radius 2 is 1.76 bits per heavy atom. The molecule has 0 aromatic heterocycles. The Balaban J connectivity index is 1.72. The Bertz CT molecular complexity index is 972. The summed E-state index contributed by atoms with van der Waals surface area (Å²) in [5.74, 6) is -2.15. The molecule has 0 saturated carbocycles. The van der Waals surface area contributed by atoms with Crippen LogP contribution in [0.3, 0.4) is 0 Å². The van der Waals surface area contributed by atoms with Crippen molar-refractivity contribution in [2.45, 2.75) is 11.8 Å². The summed E-state index contributed by atoms with van der Waals surface area (Å²) in [6.07, 6.45) is 0. The molecule has 25 heavy (non-hydrogen) atoms. The van der Waals surface area contributed by atoms with Crippen molar-refractivity contribution in [3.63, 3.8) is 0 Å². The summed E-state index contributed by atoms with van der Waals surface area (Å²) in [4.78, 5) is 25.4. The van der Waals surface area contributed by atoms with Crippen molar-refractivity contribution in [3.8, 4) is 0 Å². The summed E-state index contributed by atoms with van der Waals surface area (Å²) < 4.78 is 40.7. The van der Waals surface area contributed by atoms with Gasteiger partial charge in [0.15, 0.2) is 0 Å². The van der Waals surface area contributed by atoms with Gasteiger partial charge in [0.2, 0.25) is 10.0 Å². The molecule has 0 saturated heterocycles. The fraction of sp³-hybridized carbons (Fsp3) is 0.176. The van der Waals surface area contributed by atoms with E-state index in [1.54, 1.807) is 25.1 Å². The molecule has 1 aliphatic heterocycles. The van der Waals surface area contributed by atoms with E-state index in [1.165, 1.54) is 18.2 Å². The number of rotatable bonds is 5. The van der Waals surface area contributed by atoms with E-state index in [-0.39, 0.29) is 29.1 Å². The smallest absolute Gasteiger partial charge is 0.264 e. The van der Waals surface area contributed by atoms with E-state index in [2.05, 4.69) is 4.72 Å². The quantitative estimate of drug-likeness (QED) is 0.821. The van der Waals surface area contributed by atoms with Crippen LogP contribution in [-0.2, 0) is 10.0 Å². The Morgan fingerprint density at radius 1 is 1.04 bits per heavy atom. The molecule has 1 aliphatic rings. The van der Waals surface area contributed by atoms with Gasteiger partial charge in [0, 0.05) is 13.1 Å². The molecule has 2 amide bonds. The minimum atomic E-state index is -3.77. The maximum atomic E-state index is 13.8. The number of halogens is 1. The molecular formula is C17H15FN2O4S. The predicted octanol–water partition coefficient (Wildman–Crippen LogP) is 1.71. The zero-order valence-electron chi connectivity index (χ0n) is 13.3. The van der Waals surface area contributed by atoms with Crippen LogP contribution in [0.1, 0.15) is 26.3 Å². The van der Waals surface area contributed by atoms with Crippen molar-refractivity contribution in [2.24, 2.45) is 0 Å². The maximum absolute atomic E-state index is 13.8. The molecule has 0 aliphatic carbocycles. The average molecular weight is 362 g/mol. The fourth-order valence-corrected chi connectivity index (χ4v) is 3.99. The van der Waals surface area contributed by atoms with E-state index in [9.17, 15) is 22.4 Å². The molecule has 0 atom stereocenters. The topological polar surface area (TPSA) is 83.6 Å². The Labute approximate surface area is 144 Å². The lowest BCUT2D eigenvalue weighted by molar-refractivity contribution is 0.0656. The van der Waals surface area contributed by atoms with Crippen LogP contribution in [0.4, 0.5) is 4.39 Å². The molecule has 130 valence electrons. The second kappa shape index (κ2) is 6.38. The normalized spacial score (nSPS) is 14.1. The van der Waals surface area contributed by atoms with Crippen LogP contribution in [0.15, 0.2) is 47.4 Å². The third-order valence-electron chi connectivity index (χ3n) is 3.96. The first kappa shape index (κ1) is 17.2. The number of benzene rings is 2. The van der Waals surface area contributed by atoms with E-state index >= 15 is 0 Å². The summed E-state index contributed by atoms with van der Waals surface area (Å²) >= 11 is 0. The standard InChI is InChI=1S/C17H15FN2O4S/c1-11-5-2-3-8-14(11)25(23,24)19-9-10-20-16(21)12-6-4-7-13(18)15(12)17(20)22/h2-8,19H,9-10H2,1H3. The lowest BCUT2D eigenvalue weighted by Gasteiger charge is -2.15. The van der Waals surface area contributed by atoms with Gasteiger partial charge >= 0.3 is 0 Å². The lowest BCUT2D eigenvalue weighted by Crippen LogP contribution is -2.38. The second-order valence-electron chi connectivity index (χ2n) is 5.59. The van der Waals surface area contributed by atoms with E-state index in [4.69, 9.17) is 0 Å². The maximum Gasteiger partial charge on any atom is 0.264 e. The van der Waals surface area contributed by atoms with Gasteiger partial charge in [-0.3, -0.25) is 14.5 Å². The second-order valence-corrected chi connectivity index (χ2v) is 7.32. The molecule has 0 radical (unpaired) electrons. The van der Waals surface area contributed by atoms with Gasteiger partial charge in [-0.05, 0) is 30.7 Å². The average Bonchev–Trinajstić information content (AvgIpc) is 2.81. The molecule has 0 spiro atoms. The van der Waals surface area contributed by atoms with Crippen LogP contribution in [0.5, 0.6) is 0 Å². The summed E-state index contributed by atoms with van der Waals surface area (Å²) in [6.45, 7) is 1.32. The van der Waals surface area contributed by atoms with Gasteiger partial charge in [-0.25, -0.2) is 17.5 Å². The summed E-state index contributed by atoms with van der Waals surface area (Å²) in [5.41, 5.74) is 0.304. The minimum absolute atomic E-state index is 0.00763. The van der Waals surface area contributed by atoms with Crippen LogP contribution < -0.4 is 4.72 Å². The SMILES string of the molecule is Cc1ccccc1S(=O)(=O)NCCN1C(=O)c2cccc(F)c2C1=O. The molecule has 1 N–H and O–H groups in total. The van der Waals surface area contributed by atoms with Gasteiger partial charge in [0.1, 0.15) is 5.82 Å². The van der Waals surface area contributed by atoms with E-state index in [0.29, 0.717) is 5.56 Å². The zero-order valence-corrected chi connectivity index (χ0v) is 14.1. The first-order chi connectivity index (χ1) is 11.8. The molecule has 0 bridgehead atoms. The first-order valence-electron chi connectivity index (χ1n) is 7.53. The third-order valence-corrected chi connectivity index (χ3v) is 5.58. The van der Waals surface area contributed by atoms with E-state index in [1.807, 2.05) is 0 Å². The zero-order chi connectivity index (χ0) is 18.2. The van der Waals surface area contributed by atoms with Crippen LogP contribution >= 0.6 is 0 Å². The lowest BCUT2D eigenvalue weighted by atomic mass is 10.1. The highest BCUT2D eigenvalue weighted by molar-refractivity contribution is 7.89. The Hall–Kier alpha value is -2.58. The first-order valence-corrected chi connectivity index (χ1v) is 9.01. The summed E-state index contributed by atoms with van der Waals surface area (Å²) in [5, 5.41) is 0. The summed E-state index contributed by atoms with van der Waals surface area (Å²) in [7, 11) is -3.77. The van der Waals surface area contributed by atoms with Crippen molar-refractivity contribution < 1.29 is 22.4 Å². The number of fused-ring (bicyclic) bond motifs is 1. The van der Waals surface area contributed by atoms with Gasteiger partial charge in [0.25, 0.3) is 11.8 Å². The molecule has 1 heterocycles. The Kier molecular flexibility index (Phi) is 4.40. The minimum Gasteiger partial charge on any atom is -0.273 e. The molecule has 0 unspecified atom stereocenters. The number of nitrogens with zero attached hydrogens (tertiary/aromatic N) is 1. The van der Waals surface area contributed by atoms with Gasteiger partial charge in [-0.15, -0.1) is 0 Å². The van der Waals surface area contributed by atoms with Gasteiger partial charge in [-0.1, -0.05) is 24.3 Å². The van der Waals surface area contributed by atoms with E-state index in [0.717, 1.165) is 11.0 Å². The van der Waals surface area contributed by atoms with Crippen LogP contribution in [0.2, 0.25) is 0 Å². The van der Waals surface area contributed by atoms with Crippen LogP contribution in [0.25, 0.3) is 0 Å². The number of carbonyl (C=O) groups is 2.